The summed E-state index contributed by atoms with van der Waals surface area (Å²) >= 11 is 0. The van der Waals surface area contributed by atoms with Crippen LogP contribution in [0.1, 0.15) is 16.1 Å². The zero-order valence-electron chi connectivity index (χ0n) is 8.73. The molecule has 0 atom stereocenters. The van der Waals surface area contributed by atoms with Crippen molar-refractivity contribution < 1.29 is 22.4 Å². The number of nitrogen functional groups attached to an aromatic ring is 1. The Hall–Kier alpha value is -1.80. The molecule has 1 amide bonds. The molecule has 1 heterocycles. The van der Waals surface area contributed by atoms with Gasteiger partial charge in [0.2, 0.25) is 0 Å². The zero-order valence-corrected chi connectivity index (χ0v) is 8.73. The number of nitrogens with two attached hydrogens (primary N) is 1. The highest BCUT2D eigenvalue weighted by atomic mass is 19.3. The van der Waals surface area contributed by atoms with Crippen molar-refractivity contribution >= 4 is 11.7 Å². The summed E-state index contributed by atoms with van der Waals surface area (Å²) in [5.74, 6) is -5.43. The summed E-state index contributed by atoms with van der Waals surface area (Å²) < 4.78 is 48.7. The molecule has 1 aromatic rings. The average molecular weight is 254 g/mol. The minimum Gasteiger partial charge on any atom is -0.382 e. The van der Waals surface area contributed by atoms with E-state index in [2.05, 4.69) is 10.2 Å². The highest BCUT2D eigenvalue weighted by molar-refractivity contribution is 5.99. The van der Waals surface area contributed by atoms with Crippen LogP contribution in [0, 0.1) is 6.92 Å². The van der Waals surface area contributed by atoms with Crippen molar-refractivity contribution in [3.8, 4) is 0 Å². The van der Waals surface area contributed by atoms with Crippen LogP contribution >= 0.6 is 0 Å². The molecule has 96 valence electrons. The van der Waals surface area contributed by atoms with E-state index in [9.17, 15) is 22.4 Å². The summed E-state index contributed by atoms with van der Waals surface area (Å²) in [4.78, 5) is 11.4. The van der Waals surface area contributed by atoms with E-state index in [1.807, 2.05) is 0 Å². The number of aryl methyl sites for hydroxylation is 1. The fourth-order valence-electron chi connectivity index (χ4n) is 1.10. The monoisotopic (exact) mass is 254 g/mol. The van der Waals surface area contributed by atoms with Crippen LogP contribution in [0.5, 0.6) is 0 Å². The molecule has 17 heavy (non-hydrogen) atoms. The van der Waals surface area contributed by atoms with Gasteiger partial charge in [-0.05, 0) is 6.92 Å². The Morgan fingerprint density at radius 2 is 2.18 bits per heavy atom. The van der Waals surface area contributed by atoms with Gasteiger partial charge in [0.25, 0.3) is 5.91 Å². The number of amides is 1. The Morgan fingerprint density at radius 3 is 2.59 bits per heavy atom. The number of halogens is 4. The Bertz CT molecular complexity index is 398. The fraction of sp³-hybridized carbons (Fsp3) is 0.500. The van der Waals surface area contributed by atoms with Gasteiger partial charge in [-0.1, -0.05) is 0 Å². The van der Waals surface area contributed by atoms with E-state index in [0.717, 1.165) is 0 Å². The number of hydrogen-bond donors (Lipinski definition) is 3. The second-order valence-electron chi connectivity index (χ2n) is 3.35. The first-order valence-electron chi connectivity index (χ1n) is 4.50. The average Bonchev–Trinajstić information content (AvgIpc) is 2.55. The van der Waals surface area contributed by atoms with Gasteiger partial charge in [0.05, 0.1) is 6.54 Å². The lowest BCUT2D eigenvalue weighted by Gasteiger charge is -2.15. The van der Waals surface area contributed by atoms with Crippen LogP contribution in [0.25, 0.3) is 0 Å². The van der Waals surface area contributed by atoms with Gasteiger partial charge in [0.15, 0.2) is 5.82 Å². The van der Waals surface area contributed by atoms with E-state index in [1.54, 1.807) is 5.32 Å². The van der Waals surface area contributed by atoms with Gasteiger partial charge in [-0.15, -0.1) is 0 Å². The van der Waals surface area contributed by atoms with Crippen molar-refractivity contribution in [2.24, 2.45) is 0 Å². The minimum atomic E-state index is -4.28. The fourth-order valence-corrected chi connectivity index (χ4v) is 1.10. The molecule has 0 aliphatic carbocycles. The number of carbonyl (C=O) groups is 1. The first-order chi connectivity index (χ1) is 7.75. The van der Waals surface area contributed by atoms with Crippen molar-refractivity contribution in [3.63, 3.8) is 0 Å². The topological polar surface area (TPSA) is 83.8 Å². The van der Waals surface area contributed by atoms with Crippen molar-refractivity contribution in [1.29, 1.82) is 0 Å². The third-order valence-electron chi connectivity index (χ3n) is 2.01. The summed E-state index contributed by atoms with van der Waals surface area (Å²) in [6.07, 6.45) is -3.84. The van der Waals surface area contributed by atoms with Gasteiger partial charge in [-0.2, -0.15) is 13.9 Å². The van der Waals surface area contributed by atoms with Crippen LogP contribution in [0.2, 0.25) is 0 Å². The van der Waals surface area contributed by atoms with Crippen LogP contribution in [-0.4, -0.2) is 35.0 Å². The smallest absolute Gasteiger partial charge is 0.324 e. The summed E-state index contributed by atoms with van der Waals surface area (Å²) in [5.41, 5.74) is 5.44. The molecule has 0 bridgehead atoms. The van der Waals surface area contributed by atoms with Crippen LogP contribution < -0.4 is 11.1 Å². The summed E-state index contributed by atoms with van der Waals surface area (Å²) in [6, 6.07) is 0. The number of anilines is 1. The largest absolute Gasteiger partial charge is 0.382 e. The quantitative estimate of drug-likeness (QED) is 0.699. The van der Waals surface area contributed by atoms with E-state index >= 15 is 0 Å². The van der Waals surface area contributed by atoms with E-state index in [1.165, 1.54) is 6.92 Å². The normalized spacial score (nSPS) is 11.9. The third-order valence-corrected chi connectivity index (χ3v) is 2.01. The molecule has 1 aromatic heterocycles. The molecular weight excluding hydrogens is 244 g/mol. The van der Waals surface area contributed by atoms with Gasteiger partial charge < -0.3 is 11.1 Å². The molecular formula is C8H10F4N4O. The number of alkyl halides is 4. The summed E-state index contributed by atoms with van der Waals surface area (Å²) in [5, 5.41) is 7.52. The minimum absolute atomic E-state index is 0.130. The number of nitrogens with one attached hydrogen (secondary N) is 2. The molecule has 0 radical (unpaired) electrons. The first kappa shape index (κ1) is 13.3. The molecule has 0 fully saturated rings. The van der Waals surface area contributed by atoms with Gasteiger partial charge in [0, 0.05) is 5.69 Å². The highest BCUT2D eigenvalue weighted by Gasteiger charge is 2.41. The van der Waals surface area contributed by atoms with Crippen molar-refractivity contribution in [2.75, 3.05) is 12.3 Å². The van der Waals surface area contributed by atoms with Crippen molar-refractivity contribution in [3.05, 3.63) is 11.3 Å². The Morgan fingerprint density at radius 1 is 1.59 bits per heavy atom. The van der Waals surface area contributed by atoms with Crippen LogP contribution in [0.3, 0.4) is 0 Å². The van der Waals surface area contributed by atoms with Gasteiger partial charge in [-0.25, -0.2) is 8.78 Å². The van der Waals surface area contributed by atoms with Crippen molar-refractivity contribution in [2.45, 2.75) is 19.3 Å². The molecule has 5 nitrogen and oxygen atoms in total. The molecule has 4 N–H and O–H groups in total. The lowest BCUT2D eigenvalue weighted by atomic mass is 10.2. The van der Waals surface area contributed by atoms with Gasteiger partial charge >= 0.3 is 12.3 Å². The molecule has 0 saturated carbocycles. The molecule has 1 rings (SSSR count). The maximum absolute atomic E-state index is 12.5. The second-order valence-corrected chi connectivity index (χ2v) is 3.35. The predicted molar refractivity (Wildman–Crippen MR) is 51.0 cm³/mol. The summed E-state index contributed by atoms with van der Waals surface area (Å²) in [6.45, 7) is -0.0168. The number of aromatic nitrogens is 2. The molecule has 0 unspecified atom stereocenters. The van der Waals surface area contributed by atoms with Crippen LogP contribution in [-0.2, 0) is 0 Å². The number of carbonyl (C=O) groups excluding carboxylic acids is 1. The number of hydrogen-bond acceptors (Lipinski definition) is 3. The second kappa shape index (κ2) is 4.60. The Labute approximate surface area is 93.4 Å². The highest BCUT2D eigenvalue weighted by Crippen LogP contribution is 2.22. The summed E-state index contributed by atoms with van der Waals surface area (Å²) in [7, 11) is 0. The maximum atomic E-state index is 12.5. The van der Waals surface area contributed by atoms with Gasteiger partial charge in [-0.3, -0.25) is 9.89 Å². The molecule has 0 spiro atoms. The molecule has 9 heteroatoms. The number of nitrogens with zero attached hydrogens (tertiary/aromatic N) is 1. The predicted octanol–water partition coefficient (Wildman–Crippen LogP) is 0.931. The Kier molecular flexibility index (Phi) is 3.59. The SMILES string of the molecule is Cc1[nH]nc(N)c1C(=O)NCC(F)(F)C(F)F. The van der Waals surface area contributed by atoms with Gasteiger partial charge in [0.1, 0.15) is 5.56 Å². The third kappa shape index (κ3) is 2.86. The first-order valence-corrected chi connectivity index (χ1v) is 4.50. The molecule has 0 aliphatic heterocycles. The van der Waals surface area contributed by atoms with Crippen molar-refractivity contribution in [1.82, 2.24) is 15.5 Å². The molecule has 0 saturated heterocycles. The van der Waals surface area contributed by atoms with E-state index in [-0.39, 0.29) is 17.1 Å². The lowest BCUT2D eigenvalue weighted by molar-refractivity contribution is -0.123. The number of aromatic amines is 1. The van der Waals surface area contributed by atoms with E-state index < -0.39 is 24.8 Å². The zero-order chi connectivity index (χ0) is 13.2. The number of rotatable bonds is 4. The number of H-pyrrole nitrogens is 1. The molecule has 0 aromatic carbocycles. The van der Waals surface area contributed by atoms with E-state index in [4.69, 9.17) is 5.73 Å². The maximum Gasteiger partial charge on any atom is 0.324 e. The van der Waals surface area contributed by atoms with E-state index in [0.29, 0.717) is 0 Å². The standard InChI is InChI=1S/C8H10F4N4O/c1-3-4(5(13)16-15-3)6(17)14-2-8(11,12)7(9)10/h7H,2H2,1H3,(H,14,17)(H3,13,15,16). The Balaban J connectivity index is 2.69. The van der Waals surface area contributed by atoms with Crippen LogP contribution in [0.4, 0.5) is 23.4 Å². The molecule has 0 aliphatic rings. The van der Waals surface area contributed by atoms with Crippen LogP contribution in [0.15, 0.2) is 0 Å². The lowest BCUT2D eigenvalue weighted by Crippen LogP contribution is -2.41.